The van der Waals surface area contributed by atoms with Crippen molar-refractivity contribution in [1.29, 1.82) is 5.26 Å². The summed E-state index contributed by atoms with van der Waals surface area (Å²) in [5.41, 5.74) is 2.37. The molecule has 0 aliphatic carbocycles. The smallest absolute Gasteiger partial charge is 0.319 e. The van der Waals surface area contributed by atoms with Gasteiger partial charge in [0.25, 0.3) is 0 Å². The van der Waals surface area contributed by atoms with Crippen LogP contribution in [0.5, 0.6) is 0 Å². The van der Waals surface area contributed by atoms with Crippen LogP contribution >= 0.6 is 0 Å². The molecule has 3 fully saturated rings. The van der Waals surface area contributed by atoms with Crippen LogP contribution in [0.4, 0.5) is 10.5 Å². The van der Waals surface area contributed by atoms with Crippen LogP contribution in [0.2, 0.25) is 0 Å². The Morgan fingerprint density at radius 1 is 1.26 bits per heavy atom. The number of carbonyl (C=O) groups excluding carboxylic acids is 1. The summed E-state index contributed by atoms with van der Waals surface area (Å²) in [5.74, 6) is 0.507. The SMILES string of the molecule is N#Cc1cccc(NC(=O)N[C@H]2C3CCN(CC3)[C@@H]2Cc2cccnc2)c1. The monoisotopic (exact) mass is 361 g/mol. The minimum absolute atomic E-state index is 0.117. The lowest BCUT2D eigenvalue weighted by atomic mass is 9.77. The maximum absolute atomic E-state index is 12.6. The Balaban J connectivity index is 1.46. The summed E-state index contributed by atoms with van der Waals surface area (Å²) < 4.78 is 0. The highest BCUT2D eigenvalue weighted by Gasteiger charge is 2.42. The van der Waals surface area contributed by atoms with E-state index in [0.29, 0.717) is 17.2 Å². The second-order valence-electron chi connectivity index (χ2n) is 7.32. The summed E-state index contributed by atoms with van der Waals surface area (Å²) in [6.07, 6.45) is 6.83. The molecule has 3 aliphatic rings. The van der Waals surface area contributed by atoms with E-state index in [9.17, 15) is 4.79 Å². The van der Waals surface area contributed by atoms with Gasteiger partial charge in [-0.15, -0.1) is 0 Å². The number of hydrogen-bond acceptors (Lipinski definition) is 4. The van der Waals surface area contributed by atoms with Gasteiger partial charge in [0, 0.05) is 30.2 Å². The topological polar surface area (TPSA) is 81.0 Å². The molecule has 1 aromatic heterocycles. The van der Waals surface area contributed by atoms with Crippen molar-refractivity contribution in [3.63, 3.8) is 0 Å². The number of amides is 2. The first-order valence-electron chi connectivity index (χ1n) is 9.43. The third kappa shape index (κ3) is 3.93. The Bertz CT molecular complexity index is 839. The van der Waals surface area contributed by atoms with Crippen LogP contribution in [0.3, 0.4) is 0 Å². The van der Waals surface area contributed by atoms with Gasteiger partial charge >= 0.3 is 6.03 Å². The van der Waals surface area contributed by atoms with E-state index in [4.69, 9.17) is 5.26 Å². The zero-order valence-corrected chi connectivity index (χ0v) is 15.1. The van der Waals surface area contributed by atoms with Crippen LogP contribution in [0.1, 0.15) is 24.0 Å². The fourth-order valence-electron chi connectivity index (χ4n) is 4.37. The molecule has 0 saturated carbocycles. The van der Waals surface area contributed by atoms with Gasteiger partial charge in [0.05, 0.1) is 11.6 Å². The molecule has 3 aliphatic heterocycles. The van der Waals surface area contributed by atoms with Crippen LogP contribution in [-0.2, 0) is 6.42 Å². The van der Waals surface area contributed by atoms with Crippen molar-refractivity contribution in [2.75, 3.05) is 18.4 Å². The van der Waals surface area contributed by atoms with Gasteiger partial charge in [-0.1, -0.05) is 12.1 Å². The number of hydrogen-bond donors (Lipinski definition) is 2. The number of fused-ring (bicyclic) bond motifs is 3. The molecule has 2 atom stereocenters. The van der Waals surface area contributed by atoms with Gasteiger partial charge < -0.3 is 10.6 Å². The molecule has 138 valence electrons. The third-order valence-electron chi connectivity index (χ3n) is 5.68. The summed E-state index contributed by atoms with van der Waals surface area (Å²) in [7, 11) is 0. The lowest BCUT2D eigenvalue weighted by Gasteiger charge is -2.51. The van der Waals surface area contributed by atoms with Crippen LogP contribution < -0.4 is 10.6 Å². The largest absolute Gasteiger partial charge is 0.333 e. The van der Waals surface area contributed by atoms with E-state index in [-0.39, 0.29) is 18.1 Å². The van der Waals surface area contributed by atoms with E-state index in [2.05, 4.69) is 32.7 Å². The number of nitrogens with one attached hydrogen (secondary N) is 2. The van der Waals surface area contributed by atoms with Gasteiger partial charge in [0.2, 0.25) is 0 Å². The fraction of sp³-hybridized carbons (Fsp3) is 0.381. The molecule has 0 spiro atoms. The highest BCUT2D eigenvalue weighted by Crippen LogP contribution is 2.34. The predicted octanol–water partition coefficient (Wildman–Crippen LogP) is 2.78. The van der Waals surface area contributed by atoms with Crippen LogP contribution in [0.15, 0.2) is 48.8 Å². The molecule has 1 aromatic carbocycles. The van der Waals surface area contributed by atoms with Gasteiger partial charge in [0.1, 0.15) is 0 Å². The van der Waals surface area contributed by atoms with E-state index >= 15 is 0 Å². The normalized spacial score (nSPS) is 26.2. The van der Waals surface area contributed by atoms with Gasteiger partial charge in [-0.25, -0.2) is 4.79 Å². The molecule has 6 heteroatoms. The average molecular weight is 361 g/mol. The minimum Gasteiger partial charge on any atom is -0.333 e. The number of nitriles is 1. The van der Waals surface area contributed by atoms with Crippen LogP contribution in [0, 0.1) is 17.2 Å². The molecule has 3 saturated heterocycles. The zero-order valence-electron chi connectivity index (χ0n) is 15.1. The van der Waals surface area contributed by atoms with Crippen LogP contribution in [0.25, 0.3) is 0 Å². The Morgan fingerprint density at radius 3 is 2.85 bits per heavy atom. The second-order valence-corrected chi connectivity index (χ2v) is 7.32. The quantitative estimate of drug-likeness (QED) is 0.877. The maximum atomic E-state index is 12.6. The zero-order chi connectivity index (χ0) is 18.6. The summed E-state index contributed by atoms with van der Waals surface area (Å²) in [5, 5.41) is 15.1. The van der Waals surface area contributed by atoms with Crippen molar-refractivity contribution in [2.45, 2.75) is 31.3 Å². The van der Waals surface area contributed by atoms with Crippen molar-refractivity contribution < 1.29 is 4.79 Å². The number of pyridine rings is 1. The number of anilines is 1. The first kappa shape index (κ1) is 17.5. The molecule has 0 radical (unpaired) electrons. The van der Waals surface area contributed by atoms with Crippen molar-refractivity contribution in [1.82, 2.24) is 15.2 Å². The minimum atomic E-state index is -0.208. The number of rotatable bonds is 4. The van der Waals surface area contributed by atoms with Crippen molar-refractivity contribution in [3.8, 4) is 6.07 Å². The molecule has 2 bridgehead atoms. The van der Waals surface area contributed by atoms with E-state index in [1.807, 2.05) is 12.3 Å². The highest BCUT2D eigenvalue weighted by atomic mass is 16.2. The lowest BCUT2D eigenvalue weighted by Crippen LogP contribution is -2.64. The van der Waals surface area contributed by atoms with Crippen molar-refractivity contribution in [3.05, 3.63) is 59.9 Å². The molecule has 6 nitrogen and oxygen atoms in total. The summed E-state index contributed by atoms with van der Waals surface area (Å²) in [6, 6.07) is 13.3. The molecule has 27 heavy (non-hydrogen) atoms. The lowest BCUT2D eigenvalue weighted by molar-refractivity contribution is 0.0184. The third-order valence-corrected chi connectivity index (χ3v) is 5.68. The van der Waals surface area contributed by atoms with Crippen molar-refractivity contribution >= 4 is 11.7 Å². The van der Waals surface area contributed by atoms with E-state index in [0.717, 1.165) is 32.4 Å². The summed E-state index contributed by atoms with van der Waals surface area (Å²) in [4.78, 5) is 19.3. The Morgan fingerprint density at radius 2 is 2.11 bits per heavy atom. The number of nitrogens with zero attached hydrogens (tertiary/aromatic N) is 3. The number of carbonyl (C=O) groups is 1. The van der Waals surface area contributed by atoms with Gasteiger partial charge in [-0.3, -0.25) is 9.88 Å². The Kier molecular flexibility index (Phi) is 5.03. The van der Waals surface area contributed by atoms with Gasteiger partial charge in [-0.05, 0) is 68.1 Å². The maximum Gasteiger partial charge on any atom is 0.319 e. The second kappa shape index (κ2) is 7.77. The van der Waals surface area contributed by atoms with Crippen LogP contribution in [-0.4, -0.2) is 41.1 Å². The molecular weight excluding hydrogens is 338 g/mol. The average Bonchev–Trinajstić information content (AvgIpc) is 2.71. The number of aromatic nitrogens is 1. The van der Waals surface area contributed by atoms with Gasteiger partial charge in [-0.2, -0.15) is 5.26 Å². The molecule has 2 aromatic rings. The molecule has 2 amide bonds. The fourth-order valence-corrected chi connectivity index (χ4v) is 4.37. The molecule has 2 N–H and O–H groups in total. The Labute approximate surface area is 159 Å². The molecular formula is C21H23N5O. The van der Waals surface area contributed by atoms with E-state index < -0.39 is 0 Å². The number of piperidine rings is 3. The van der Waals surface area contributed by atoms with E-state index in [1.165, 1.54) is 5.56 Å². The van der Waals surface area contributed by atoms with Gasteiger partial charge in [0.15, 0.2) is 0 Å². The highest BCUT2D eigenvalue weighted by molar-refractivity contribution is 5.89. The molecule has 5 rings (SSSR count). The first-order chi connectivity index (χ1) is 13.2. The first-order valence-corrected chi connectivity index (χ1v) is 9.43. The summed E-state index contributed by atoms with van der Waals surface area (Å²) >= 11 is 0. The number of benzene rings is 1. The van der Waals surface area contributed by atoms with E-state index in [1.54, 1.807) is 30.5 Å². The van der Waals surface area contributed by atoms with Crippen molar-refractivity contribution in [2.24, 2.45) is 5.92 Å². The molecule has 0 unspecified atom stereocenters. The Hall–Kier alpha value is -2.91. The standard InChI is InChI=1S/C21H23N5O/c22-13-15-3-1-5-18(11-15)24-21(27)25-20-17-6-9-26(10-7-17)19(20)12-16-4-2-8-23-14-16/h1-5,8,11,14,17,19-20H,6-7,9-10,12H2,(H2,24,25,27)/t19-,20+/m1/s1. The number of urea groups is 1. The predicted molar refractivity (Wildman–Crippen MR) is 103 cm³/mol. The summed E-state index contributed by atoms with van der Waals surface area (Å²) in [6.45, 7) is 2.19. The molecule has 4 heterocycles.